The van der Waals surface area contributed by atoms with Crippen LogP contribution in [0.4, 0.5) is 8.78 Å². The second-order valence-electron chi connectivity index (χ2n) is 5.01. The van der Waals surface area contributed by atoms with Crippen molar-refractivity contribution in [2.75, 3.05) is 0 Å². The van der Waals surface area contributed by atoms with Gasteiger partial charge < -0.3 is 4.84 Å². The average molecular weight is 308 g/mol. The van der Waals surface area contributed by atoms with Gasteiger partial charge in [-0.05, 0) is 20.8 Å². The summed E-state index contributed by atoms with van der Waals surface area (Å²) in [5, 5.41) is 9.62. The monoisotopic (exact) mass is 308 g/mol. The summed E-state index contributed by atoms with van der Waals surface area (Å²) in [4.78, 5) is 5.74. The number of aromatic nitrogens is 3. The Morgan fingerprint density at radius 1 is 1.40 bits per heavy atom. The Labute approximate surface area is 114 Å². The Morgan fingerprint density at radius 2 is 2.00 bits per heavy atom. The van der Waals surface area contributed by atoms with Crippen LogP contribution >= 0.6 is 0 Å². The summed E-state index contributed by atoms with van der Waals surface area (Å²) >= 11 is 0. The largest absolute Gasteiger partial charge is 0.385 e. The predicted molar refractivity (Wildman–Crippen MR) is 66.0 cm³/mol. The molecule has 0 amide bonds. The summed E-state index contributed by atoms with van der Waals surface area (Å²) in [6.45, 7) is 4.06. The van der Waals surface area contributed by atoms with Gasteiger partial charge in [0.1, 0.15) is 5.69 Å². The third-order valence-electron chi connectivity index (χ3n) is 2.89. The number of nitrogens with zero attached hydrogens (tertiary/aromatic N) is 4. The number of sulfone groups is 1. The fraction of sp³-hybridized carbons (Fsp3) is 0.700. The lowest BCUT2D eigenvalue weighted by atomic mass is 10.1. The lowest BCUT2D eigenvalue weighted by Crippen LogP contribution is -2.38. The van der Waals surface area contributed by atoms with Gasteiger partial charge in [0.2, 0.25) is 14.9 Å². The first-order valence-corrected chi connectivity index (χ1v) is 7.28. The zero-order valence-electron chi connectivity index (χ0n) is 11.3. The molecule has 10 heteroatoms. The third-order valence-corrected chi connectivity index (χ3v) is 4.53. The summed E-state index contributed by atoms with van der Waals surface area (Å²) in [6.07, 6.45) is -2.04. The van der Waals surface area contributed by atoms with Crippen LogP contribution in [0.15, 0.2) is 5.16 Å². The Kier molecular flexibility index (Phi) is 3.31. The standard InChI is InChI=1S/C10H14F2N4O3S/c1-5-6(14-16(4)13-5)8(12)20(17,18)9-7(11)10(2,3)19-15-9/h7-8H,1-4H3. The molecule has 0 saturated carbocycles. The normalized spacial score (nSPS) is 23.3. The van der Waals surface area contributed by atoms with Gasteiger partial charge in [0.25, 0.3) is 5.50 Å². The Balaban J connectivity index is 2.39. The van der Waals surface area contributed by atoms with Gasteiger partial charge in [0, 0.05) is 7.05 Å². The van der Waals surface area contributed by atoms with Crippen molar-refractivity contribution in [1.82, 2.24) is 15.0 Å². The molecule has 7 nitrogen and oxygen atoms in total. The fourth-order valence-electron chi connectivity index (χ4n) is 1.73. The summed E-state index contributed by atoms with van der Waals surface area (Å²) in [5.41, 5.74) is -4.25. The Morgan fingerprint density at radius 3 is 2.40 bits per heavy atom. The molecule has 0 N–H and O–H groups in total. The van der Waals surface area contributed by atoms with E-state index in [2.05, 4.69) is 15.4 Å². The molecule has 0 fully saturated rings. The predicted octanol–water partition coefficient (Wildman–Crippen LogP) is 0.967. The lowest BCUT2D eigenvalue weighted by molar-refractivity contribution is -0.0232. The number of aryl methyl sites for hydroxylation is 2. The van der Waals surface area contributed by atoms with E-state index in [1.807, 2.05) is 0 Å². The van der Waals surface area contributed by atoms with Crippen molar-refractivity contribution in [2.24, 2.45) is 12.2 Å². The van der Waals surface area contributed by atoms with Gasteiger partial charge in [0.05, 0.1) is 5.69 Å². The fourth-order valence-corrected chi connectivity index (χ4v) is 3.17. The van der Waals surface area contributed by atoms with Crippen LogP contribution in [0.2, 0.25) is 0 Å². The van der Waals surface area contributed by atoms with Crippen LogP contribution in [0, 0.1) is 6.92 Å². The minimum Gasteiger partial charge on any atom is -0.385 e. The van der Waals surface area contributed by atoms with Gasteiger partial charge >= 0.3 is 0 Å². The van der Waals surface area contributed by atoms with Crippen LogP contribution in [0.3, 0.4) is 0 Å². The maximum Gasteiger partial charge on any atom is 0.252 e. The molecule has 1 aliphatic heterocycles. The van der Waals surface area contributed by atoms with E-state index in [0.29, 0.717) is 0 Å². The van der Waals surface area contributed by atoms with E-state index in [4.69, 9.17) is 4.84 Å². The van der Waals surface area contributed by atoms with Gasteiger partial charge in [-0.1, -0.05) is 5.16 Å². The smallest absolute Gasteiger partial charge is 0.252 e. The molecule has 0 aromatic carbocycles. The van der Waals surface area contributed by atoms with E-state index < -0.39 is 32.2 Å². The van der Waals surface area contributed by atoms with E-state index in [1.165, 1.54) is 27.8 Å². The van der Waals surface area contributed by atoms with Crippen LogP contribution in [-0.4, -0.2) is 40.2 Å². The minimum atomic E-state index is -4.65. The highest BCUT2D eigenvalue weighted by molar-refractivity contribution is 8.06. The number of hydrogen-bond acceptors (Lipinski definition) is 6. The summed E-state index contributed by atoms with van der Waals surface area (Å²) < 4.78 is 52.4. The number of alkyl halides is 2. The SMILES string of the molecule is Cc1nn(C)nc1C(F)S(=O)(=O)C1=NOC(C)(C)C1F. The highest BCUT2D eigenvalue weighted by atomic mass is 32.2. The minimum absolute atomic E-state index is 0.109. The van der Waals surface area contributed by atoms with E-state index in [9.17, 15) is 17.2 Å². The first-order chi connectivity index (χ1) is 9.07. The van der Waals surface area contributed by atoms with E-state index in [0.717, 1.165) is 4.80 Å². The van der Waals surface area contributed by atoms with Crippen molar-refractivity contribution in [1.29, 1.82) is 0 Å². The summed E-state index contributed by atoms with van der Waals surface area (Å²) in [5.74, 6) is 0. The number of oxime groups is 1. The lowest BCUT2D eigenvalue weighted by Gasteiger charge is -2.18. The molecule has 2 atom stereocenters. The quantitative estimate of drug-likeness (QED) is 0.812. The average Bonchev–Trinajstić information content (AvgIpc) is 2.79. The van der Waals surface area contributed by atoms with Gasteiger partial charge in [-0.2, -0.15) is 15.0 Å². The zero-order chi connectivity index (χ0) is 15.3. The molecule has 20 heavy (non-hydrogen) atoms. The molecule has 0 aliphatic carbocycles. The van der Waals surface area contributed by atoms with Crippen LogP contribution in [0.1, 0.15) is 30.7 Å². The van der Waals surface area contributed by atoms with Gasteiger partial charge in [-0.3, -0.25) is 0 Å². The van der Waals surface area contributed by atoms with Gasteiger partial charge in [0.15, 0.2) is 11.8 Å². The van der Waals surface area contributed by atoms with Crippen LogP contribution in [0.25, 0.3) is 0 Å². The molecule has 0 saturated heterocycles. The van der Waals surface area contributed by atoms with Crippen molar-refractivity contribution < 1.29 is 22.0 Å². The van der Waals surface area contributed by atoms with Gasteiger partial charge in [-0.25, -0.2) is 17.2 Å². The first kappa shape index (κ1) is 14.8. The van der Waals surface area contributed by atoms with Crippen LogP contribution in [0.5, 0.6) is 0 Å². The Hall–Kier alpha value is -1.58. The second kappa shape index (κ2) is 4.47. The molecule has 2 heterocycles. The molecular formula is C10H14F2N4O3S. The van der Waals surface area contributed by atoms with E-state index in [-0.39, 0.29) is 11.4 Å². The number of halogens is 2. The summed E-state index contributed by atoms with van der Waals surface area (Å²) in [7, 11) is -3.23. The highest BCUT2D eigenvalue weighted by Gasteiger charge is 2.51. The van der Waals surface area contributed by atoms with Crippen molar-refractivity contribution in [3.05, 3.63) is 11.4 Å². The van der Waals surface area contributed by atoms with Crippen LogP contribution in [-0.2, 0) is 21.7 Å². The number of rotatable bonds is 2. The number of hydrogen-bond donors (Lipinski definition) is 0. The molecule has 1 aromatic rings. The maximum atomic E-state index is 14.3. The molecule has 0 bridgehead atoms. The molecule has 0 radical (unpaired) electrons. The topological polar surface area (TPSA) is 86.4 Å². The molecule has 0 spiro atoms. The molecular weight excluding hydrogens is 294 g/mol. The molecule has 112 valence electrons. The van der Waals surface area contributed by atoms with Gasteiger partial charge in [-0.15, -0.1) is 0 Å². The molecule has 2 rings (SSSR count). The summed E-state index contributed by atoms with van der Waals surface area (Å²) in [6, 6.07) is 0. The van der Waals surface area contributed by atoms with Crippen molar-refractivity contribution in [2.45, 2.75) is 38.0 Å². The zero-order valence-corrected chi connectivity index (χ0v) is 12.1. The second-order valence-corrected chi connectivity index (χ2v) is 6.93. The first-order valence-electron chi connectivity index (χ1n) is 5.73. The molecule has 1 aliphatic rings. The third kappa shape index (κ3) is 2.17. The van der Waals surface area contributed by atoms with Crippen molar-refractivity contribution in [3.63, 3.8) is 0 Å². The van der Waals surface area contributed by atoms with E-state index >= 15 is 0 Å². The molecule has 2 unspecified atom stereocenters. The molecule has 1 aromatic heterocycles. The highest BCUT2D eigenvalue weighted by Crippen LogP contribution is 2.34. The van der Waals surface area contributed by atoms with Crippen molar-refractivity contribution in [3.8, 4) is 0 Å². The van der Waals surface area contributed by atoms with Crippen LogP contribution < -0.4 is 0 Å². The van der Waals surface area contributed by atoms with Crippen molar-refractivity contribution >= 4 is 14.9 Å². The van der Waals surface area contributed by atoms with E-state index in [1.54, 1.807) is 0 Å². The maximum absolute atomic E-state index is 14.3. The Bertz CT molecular complexity index is 668.